The largest absolute Gasteiger partial charge is 0.330 e. The van der Waals surface area contributed by atoms with Crippen LogP contribution in [0.5, 0.6) is 0 Å². The predicted octanol–water partition coefficient (Wildman–Crippen LogP) is 4.25. The van der Waals surface area contributed by atoms with Crippen molar-refractivity contribution in [1.82, 2.24) is 14.7 Å². The number of hydrogen-bond acceptors (Lipinski definition) is 3. The van der Waals surface area contributed by atoms with Gasteiger partial charge in [-0.1, -0.05) is 78.9 Å². The van der Waals surface area contributed by atoms with E-state index in [-0.39, 0.29) is 17.5 Å². The van der Waals surface area contributed by atoms with E-state index in [1.807, 2.05) is 83.8 Å². The number of amides is 1. The summed E-state index contributed by atoms with van der Waals surface area (Å²) in [7, 11) is 0. The Morgan fingerprint density at radius 1 is 0.839 bits per heavy atom. The van der Waals surface area contributed by atoms with Crippen LogP contribution in [0, 0.1) is 0 Å². The fourth-order valence-electron chi connectivity index (χ4n) is 3.93. The maximum atomic E-state index is 13.7. The van der Waals surface area contributed by atoms with Gasteiger partial charge in [-0.2, -0.15) is 5.10 Å². The molecule has 0 aliphatic heterocycles. The Morgan fingerprint density at radius 2 is 1.42 bits per heavy atom. The molecule has 1 aliphatic rings. The van der Waals surface area contributed by atoms with Gasteiger partial charge in [0, 0.05) is 18.0 Å². The second-order valence-electron chi connectivity index (χ2n) is 7.99. The maximum absolute atomic E-state index is 13.7. The fourth-order valence-corrected chi connectivity index (χ4v) is 3.93. The maximum Gasteiger partial charge on any atom is 0.275 e. The van der Waals surface area contributed by atoms with Gasteiger partial charge in [0.1, 0.15) is 0 Å². The van der Waals surface area contributed by atoms with E-state index in [1.54, 1.807) is 6.07 Å². The van der Waals surface area contributed by atoms with Crippen LogP contribution in [0.25, 0.3) is 10.8 Å². The molecule has 5 heteroatoms. The number of rotatable bonds is 6. The molecule has 1 saturated carbocycles. The Hall–Kier alpha value is -3.73. The lowest BCUT2D eigenvalue weighted by atomic mass is 10.1. The smallest absolute Gasteiger partial charge is 0.275 e. The molecule has 1 fully saturated rings. The molecule has 0 spiro atoms. The Labute approximate surface area is 180 Å². The van der Waals surface area contributed by atoms with Gasteiger partial charge in [-0.15, -0.1) is 0 Å². The van der Waals surface area contributed by atoms with E-state index in [9.17, 15) is 9.59 Å². The van der Waals surface area contributed by atoms with Crippen molar-refractivity contribution in [3.8, 4) is 0 Å². The van der Waals surface area contributed by atoms with Crippen molar-refractivity contribution in [3.63, 3.8) is 0 Å². The number of benzene rings is 3. The van der Waals surface area contributed by atoms with Crippen LogP contribution < -0.4 is 5.56 Å². The van der Waals surface area contributed by atoms with Crippen LogP contribution in [0.1, 0.15) is 34.5 Å². The summed E-state index contributed by atoms with van der Waals surface area (Å²) >= 11 is 0. The number of nitrogens with zero attached hydrogens (tertiary/aromatic N) is 3. The SMILES string of the molecule is O=C(c1nn(Cc2ccccc2)c(=O)c2ccccc12)N(Cc1ccccc1)C1CC1. The highest BCUT2D eigenvalue weighted by molar-refractivity contribution is 6.05. The van der Waals surface area contributed by atoms with Gasteiger partial charge in [0.15, 0.2) is 5.69 Å². The fraction of sp³-hybridized carbons (Fsp3) is 0.192. The number of carbonyl (C=O) groups is 1. The molecule has 5 nitrogen and oxygen atoms in total. The number of carbonyl (C=O) groups excluding carboxylic acids is 1. The van der Waals surface area contributed by atoms with E-state index in [1.165, 1.54) is 4.68 Å². The summed E-state index contributed by atoms with van der Waals surface area (Å²) in [5, 5.41) is 5.71. The third-order valence-corrected chi connectivity index (χ3v) is 5.69. The van der Waals surface area contributed by atoms with Crippen molar-refractivity contribution in [2.75, 3.05) is 0 Å². The van der Waals surface area contributed by atoms with Crippen LogP contribution in [0.4, 0.5) is 0 Å². The first-order valence-electron chi connectivity index (χ1n) is 10.6. The van der Waals surface area contributed by atoms with Crippen molar-refractivity contribution < 1.29 is 4.79 Å². The molecule has 5 rings (SSSR count). The Bertz CT molecular complexity index is 1280. The highest BCUT2D eigenvalue weighted by atomic mass is 16.2. The predicted molar refractivity (Wildman–Crippen MR) is 121 cm³/mol. The van der Waals surface area contributed by atoms with Gasteiger partial charge in [-0.3, -0.25) is 9.59 Å². The lowest BCUT2D eigenvalue weighted by Crippen LogP contribution is -2.35. The molecule has 0 saturated heterocycles. The monoisotopic (exact) mass is 409 g/mol. The minimum atomic E-state index is -0.183. The van der Waals surface area contributed by atoms with Crippen LogP contribution in [0.3, 0.4) is 0 Å². The van der Waals surface area contributed by atoms with Crippen molar-refractivity contribution >= 4 is 16.7 Å². The van der Waals surface area contributed by atoms with Crippen molar-refractivity contribution in [2.45, 2.75) is 32.0 Å². The summed E-state index contributed by atoms with van der Waals surface area (Å²) in [6.45, 7) is 0.866. The molecular weight excluding hydrogens is 386 g/mol. The Balaban J connectivity index is 1.58. The zero-order valence-electron chi connectivity index (χ0n) is 17.1. The first kappa shape index (κ1) is 19.2. The number of hydrogen-bond donors (Lipinski definition) is 0. The van der Waals surface area contributed by atoms with E-state index < -0.39 is 0 Å². The first-order chi connectivity index (χ1) is 15.2. The van der Waals surface area contributed by atoms with E-state index >= 15 is 0 Å². The average Bonchev–Trinajstić information content (AvgIpc) is 3.66. The molecule has 1 aromatic heterocycles. The quantitative estimate of drug-likeness (QED) is 0.478. The molecule has 1 aliphatic carbocycles. The van der Waals surface area contributed by atoms with E-state index in [0.29, 0.717) is 29.6 Å². The molecule has 1 heterocycles. The summed E-state index contributed by atoms with van der Waals surface area (Å²) in [5.41, 5.74) is 2.21. The van der Waals surface area contributed by atoms with E-state index in [0.717, 1.165) is 24.0 Å². The molecule has 154 valence electrons. The van der Waals surface area contributed by atoms with E-state index in [2.05, 4.69) is 5.10 Å². The van der Waals surface area contributed by atoms with Gasteiger partial charge < -0.3 is 4.90 Å². The molecule has 0 bridgehead atoms. The molecule has 3 aromatic carbocycles. The average molecular weight is 409 g/mol. The van der Waals surface area contributed by atoms with Gasteiger partial charge in [0.25, 0.3) is 11.5 Å². The Morgan fingerprint density at radius 3 is 2.06 bits per heavy atom. The molecular formula is C26H23N3O2. The third kappa shape index (κ3) is 3.99. The van der Waals surface area contributed by atoms with Crippen molar-refractivity contribution in [1.29, 1.82) is 0 Å². The molecule has 0 atom stereocenters. The lowest BCUT2D eigenvalue weighted by Gasteiger charge is -2.23. The normalized spacial score (nSPS) is 13.3. The second kappa shape index (κ2) is 8.19. The zero-order valence-corrected chi connectivity index (χ0v) is 17.1. The van der Waals surface area contributed by atoms with Crippen LogP contribution >= 0.6 is 0 Å². The van der Waals surface area contributed by atoms with Gasteiger partial charge in [-0.05, 0) is 30.0 Å². The van der Waals surface area contributed by atoms with Gasteiger partial charge in [0.2, 0.25) is 0 Å². The van der Waals surface area contributed by atoms with Crippen molar-refractivity contribution in [2.24, 2.45) is 0 Å². The Kier molecular flexibility index (Phi) is 5.08. The van der Waals surface area contributed by atoms with Gasteiger partial charge in [0.05, 0.1) is 11.9 Å². The van der Waals surface area contributed by atoms with Crippen LogP contribution in [-0.2, 0) is 13.1 Å². The zero-order chi connectivity index (χ0) is 21.2. The number of fused-ring (bicyclic) bond motifs is 1. The highest BCUT2D eigenvalue weighted by Crippen LogP contribution is 2.30. The summed E-state index contributed by atoms with van der Waals surface area (Å²) in [6.07, 6.45) is 2.00. The summed E-state index contributed by atoms with van der Waals surface area (Å²) < 4.78 is 1.42. The van der Waals surface area contributed by atoms with Gasteiger partial charge >= 0.3 is 0 Å². The molecule has 0 unspecified atom stereocenters. The topological polar surface area (TPSA) is 55.2 Å². The molecule has 0 N–H and O–H groups in total. The summed E-state index contributed by atoms with van der Waals surface area (Å²) in [4.78, 5) is 28.7. The first-order valence-corrected chi connectivity index (χ1v) is 10.6. The molecule has 31 heavy (non-hydrogen) atoms. The molecule has 4 aromatic rings. The van der Waals surface area contributed by atoms with E-state index in [4.69, 9.17) is 0 Å². The van der Waals surface area contributed by atoms with Crippen LogP contribution in [-0.4, -0.2) is 26.6 Å². The minimum Gasteiger partial charge on any atom is -0.330 e. The van der Waals surface area contributed by atoms with Crippen LogP contribution in [0.15, 0.2) is 89.7 Å². The molecule has 0 radical (unpaired) electrons. The number of aromatic nitrogens is 2. The van der Waals surface area contributed by atoms with Crippen molar-refractivity contribution in [3.05, 3.63) is 112 Å². The summed E-state index contributed by atoms with van der Waals surface area (Å²) in [6, 6.07) is 27.2. The third-order valence-electron chi connectivity index (χ3n) is 5.69. The second-order valence-corrected chi connectivity index (χ2v) is 7.99. The lowest BCUT2D eigenvalue weighted by molar-refractivity contribution is 0.0723. The highest BCUT2D eigenvalue weighted by Gasteiger charge is 2.34. The standard InChI is InChI=1S/C26H23N3O2/c30-25-23-14-8-7-13-22(23)24(27-29(25)18-20-11-5-2-6-12-20)26(31)28(21-15-16-21)17-19-9-3-1-4-10-19/h1-14,21H,15-18H2. The van der Waals surface area contributed by atoms with Crippen LogP contribution in [0.2, 0.25) is 0 Å². The molecule has 1 amide bonds. The minimum absolute atomic E-state index is 0.121. The summed E-state index contributed by atoms with van der Waals surface area (Å²) in [5.74, 6) is -0.121. The van der Waals surface area contributed by atoms with Gasteiger partial charge in [-0.25, -0.2) is 4.68 Å².